The van der Waals surface area contributed by atoms with Crippen LogP contribution in [0.25, 0.3) is 10.9 Å². The zero-order chi connectivity index (χ0) is 17.1. The molecular formula is C20H15N3O2. The van der Waals surface area contributed by atoms with E-state index in [1.165, 1.54) is 0 Å². The van der Waals surface area contributed by atoms with Gasteiger partial charge in [-0.05, 0) is 48.5 Å². The van der Waals surface area contributed by atoms with Crippen LogP contribution < -0.4 is 10.1 Å². The van der Waals surface area contributed by atoms with E-state index in [2.05, 4.69) is 15.5 Å². The molecule has 0 aliphatic carbocycles. The van der Waals surface area contributed by atoms with Crippen LogP contribution in [0.15, 0.2) is 79.0 Å². The summed E-state index contributed by atoms with van der Waals surface area (Å²) in [5.41, 5.74) is 2.11. The molecule has 0 bridgehead atoms. The Morgan fingerprint density at radius 1 is 0.880 bits per heavy atom. The highest BCUT2D eigenvalue weighted by Gasteiger charge is 2.11. The summed E-state index contributed by atoms with van der Waals surface area (Å²) in [4.78, 5) is 12.5. The molecule has 4 aromatic rings. The van der Waals surface area contributed by atoms with Gasteiger partial charge in [0, 0.05) is 11.1 Å². The number of nitrogens with zero attached hydrogens (tertiary/aromatic N) is 1. The van der Waals surface area contributed by atoms with E-state index in [1.807, 2.05) is 66.7 Å². The maximum absolute atomic E-state index is 12.5. The SMILES string of the molecule is O=C(Nc1ccc(Oc2ccccc2)cc1)c1cccc2[nH]ncc12. The minimum absolute atomic E-state index is 0.177. The number of anilines is 1. The molecule has 1 aromatic heterocycles. The summed E-state index contributed by atoms with van der Waals surface area (Å²) in [5.74, 6) is 1.30. The molecule has 5 nitrogen and oxygen atoms in total. The molecular weight excluding hydrogens is 314 g/mol. The van der Waals surface area contributed by atoms with Gasteiger partial charge in [-0.3, -0.25) is 9.89 Å². The Bertz CT molecular complexity index is 1010. The fourth-order valence-corrected chi connectivity index (χ4v) is 2.60. The average molecular weight is 329 g/mol. The Labute approximate surface area is 144 Å². The molecule has 0 radical (unpaired) electrons. The van der Waals surface area contributed by atoms with Crippen molar-refractivity contribution in [2.45, 2.75) is 0 Å². The minimum atomic E-state index is -0.177. The van der Waals surface area contributed by atoms with Gasteiger partial charge in [-0.25, -0.2) is 0 Å². The maximum Gasteiger partial charge on any atom is 0.256 e. The summed E-state index contributed by atoms with van der Waals surface area (Å²) >= 11 is 0. The van der Waals surface area contributed by atoms with E-state index in [0.29, 0.717) is 17.0 Å². The number of carbonyl (C=O) groups is 1. The molecule has 1 heterocycles. The molecule has 0 fully saturated rings. The van der Waals surface area contributed by atoms with Crippen LogP contribution in [0.4, 0.5) is 5.69 Å². The van der Waals surface area contributed by atoms with E-state index in [1.54, 1.807) is 12.3 Å². The molecule has 0 aliphatic heterocycles. The summed E-state index contributed by atoms with van der Waals surface area (Å²) in [6.45, 7) is 0. The van der Waals surface area contributed by atoms with Crippen molar-refractivity contribution in [2.24, 2.45) is 0 Å². The van der Waals surface area contributed by atoms with E-state index < -0.39 is 0 Å². The number of ether oxygens (including phenoxy) is 1. The van der Waals surface area contributed by atoms with Crippen molar-refractivity contribution in [1.82, 2.24) is 10.2 Å². The van der Waals surface area contributed by atoms with Crippen LogP contribution in [0.2, 0.25) is 0 Å². The Morgan fingerprint density at radius 2 is 1.64 bits per heavy atom. The number of hydrogen-bond donors (Lipinski definition) is 2. The zero-order valence-corrected chi connectivity index (χ0v) is 13.3. The topological polar surface area (TPSA) is 67.0 Å². The number of aromatic nitrogens is 2. The first kappa shape index (κ1) is 15.0. The lowest BCUT2D eigenvalue weighted by atomic mass is 10.1. The predicted octanol–water partition coefficient (Wildman–Crippen LogP) is 4.61. The molecule has 2 N–H and O–H groups in total. The Morgan fingerprint density at radius 3 is 2.44 bits per heavy atom. The highest BCUT2D eigenvalue weighted by Crippen LogP contribution is 2.23. The van der Waals surface area contributed by atoms with E-state index in [9.17, 15) is 4.79 Å². The molecule has 0 atom stereocenters. The lowest BCUT2D eigenvalue weighted by molar-refractivity contribution is 0.102. The minimum Gasteiger partial charge on any atom is -0.457 e. The van der Waals surface area contributed by atoms with Gasteiger partial charge in [-0.2, -0.15) is 5.10 Å². The van der Waals surface area contributed by atoms with Gasteiger partial charge in [0.25, 0.3) is 5.91 Å². The number of nitrogens with one attached hydrogen (secondary N) is 2. The van der Waals surface area contributed by atoms with Gasteiger partial charge in [-0.1, -0.05) is 24.3 Å². The molecule has 1 amide bonds. The van der Waals surface area contributed by atoms with E-state index >= 15 is 0 Å². The van der Waals surface area contributed by atoms with E-state index in [-0.39, 0.29) is 5.91 Å². The van der Waals surface area contributed by atoms with Crippen molar-refractivity contribution < 1.29 is 9.53 Å². The summed E-state index contributed by atoms with van der Waals surface area (Å²) in [7, 11) is 0. The second kappa shape index (κ2) is 6.49. The molecule has 122 valence electrons. The highest BCUT2D eigenvalue weighted by atomic mass is 16.5. The average Bonchev–Trinajstić information content (AvgIpc) is 3.13. The highest BCUT2D eigenvalue weighted by molar-refractivity contribution is 6.12. The molecule has 0 saturated carbocycles. The molecule has 3 aromatic carbocycles. The third-order valence-electron chi connectivity index (χ3n) is 3.82. The van der Waals surface area contributed by atoms with E-state index in [4.69, 9.17) is 4.74 Å². The second-order valence-electron chi connectivity index (χ2n) is 5.53. The summed E-state index contributed by atoms with van der Waals surface area (Å²) < 4.78 is 5.75. The number of H-pyrrole nitrogens is 1. The number of rotatable bonds is 4. The summed E-state index contributed by atoms with van der Waals surface area (Å²) in [5, 5.41) is 10.5. The zero-order valence-electron chi connectivity index (χ0n) is 13.3. The van der Waals surface area contributed by atoms with Crippen LogP contribution in [0, 0.1) is 0 Å². The molecule has 4 rings (SSSR count). The molecule has 0 unspecified atom stereocenters. The maximum atomic E-state index is 12.5. The van der Waals surface area contributed by atoms with Gasteiger partial charge in [0.15, 0.2) is 0 Å². The van der Waals surface area contributed by atoms with Gasteiger partial charge < -0.3 is 10.1 Å². The van der Waals surface area contributed by atoms with E-state index in [0.717, 1.165) is 16.7 Å². The fourth-order valence-electron chi connectivity index (χ4n) is 2.60. The molecule has 0 saturated heterocycles. The predicted molar refractivity (Wildman–Crippen MR) is 97.0 cm³/mol. The van der Waals surface area contributed by atoms with Crippen molar-refractivity contribution in [3.8, 4) is 11.5 Å². The van der Waals surface area contributed by atoms with Crippen LogP contribution in [0.5, 0.6) is 11.5 Å². The van der Waals surface area contributed by atoms with Crippen molar-refractivity contribution in [3.63, 3.8) is 0 Å². The fraction of sp³-hybridized carbons (Fsp3) is 0. The Hall–Kier alpha value is -3.60. The van der Waals surface area contributed by atoms with Gasteiger partial charge in [-0.15, -0.1) is 0 Å². The van der Waals surface area contributed by atoms with Crippen molar-refractivity contribution in [2.75, 3.05) is 5.32 Å². The first-order valence-corrected chi connectivity index (χ1v) is 7.86. The van der Waals surface area contributed by atoms with Crippen molar-refractivity contribution >= 4 is 22.5 Å². The third-order valence-corrected chi connectivity index (χ3v) is 3.82. The number of amides is 1. The van der Waals surface area contributed by atoms with Gasteiger partial charge in [0.1, 0.15) is 11.5 Å². The number of carbonyl (C=O) groups excluding carboxylic acids is 1. The van der Waals surface area contributed by atoms with Crippen molar-refractivity contribution in [3.05, 3.63) is 84.6 Å². The molecule has 5 heteroatoms. The normalized spacial score (nSPS) is 10.6. The number of aromatic amines is 1. The Balaban J connectivity index is 1.49. The van der Waals surface area contributed by atoms with Crippen molar-refractivity contribution in [1.29, 1.82) is 0 Å². The molecule has 25 heavy (non-hydrogen) atoms. The number of hydrogen-bond acceptors (Lipinski definition) is 3. The number of benzene rings is 3. The first-order chi connectivity index (χ1) is 12.3. The van der Waals surface area contributed by atoms with Crippen LogP contribution >= 0.6 is 0 Å². The quantitative estimate of drug-likeness (QED) is 0.574. The van der Waals surface area contributed by atoms with Gasteiger partial charge in [0.05, 0.1) is 17.3 Å². The monoisotopic (exact) mass is 329 g/mol. The molecule has 0 spiro atoms. The van der Waals surface area contributed by atoms with Crippen LogP contribution in [-0.2, 0) is 0 Å². The largest absolute Gasteiger partial charge is 0.457 e. The first-order valence-electron chi connectivity index (χ1n) is 7.86. The van der Waals surface area contributed by atoms with Crippen LogP contribution in [0.3, 0.4) is 0 Å². The summed E-state index contributed by atoms with van der Waals surface area (Å²) in [6.07, 6.45) is 1.65. The van der Waals surface area contributed by atoms with Gasteiger partial charge >= 0.3 is 0 Å². The summed E-state index contributed by atoms with van der Waals surface area (Å²) in [6, 6.07) is 22.3. The van der Waals surface area contributed by atoms with Crippen LogP contribution in [-0.4, -0.2) is 16.1 Å². The van der Waals surface area contributed by atoms with Crippen LogP contribution in [0.1, 0.15) is 10.4 Å². The Kier molecular flexibility index (Phi) is 3.88. The third kappa shape index (κ3) is 3.21. The number of para-hydroxylation sites is 1. The van der Waals surface area contributed by atoms with Gasteiger partial charge in [0.2, 0.25) is 0 Å². The lowest BCUT2D eigenvalue weighted by Gasteiger charge is -2.08. The lowest BCUT2D eigenvalue weighted by Crippen LogP contribution is -2.12. The second-order valence-corrected chi connectivity index (χ2v) is 5.53. The molecule has 0 aliphatic rings. The number of fused-ring (bicyclic) bond motifs is 1. The smallest absolute Gasteiger partial charge is 0.256 e. The standard InChI is InChI=1S/C20H15N3O2/c24-20(17-7-4-8-19-18(17)13-21-23-19)22-14-9-11-16(12-10-14)25-15-5-2-1-3-6-15/h1-13H,(H,21,23)(H,22,24).